The molecule has 1 saturated heterocycles. The number of aliphatic hydroxyl groups excluding tert-OH is 1. The predicted octanol–water partition coefficient (Wildman–Crippen LogP) is 1.68. The van der Waals surface area contributed by atoms with E-state index in [4.69, 9.17) is 12.2 Å². The van der Waals surface area contributed by atoms with Crippen LogP contribution in [-0.4, -0.2) is 38.2 Å². The molecule has 0 saturated carbocycles. The number of aliphatic hydroxyl groups is 1. The zero-order chi connectivity index (χ0) is 14.8. The van der Waals surface area contributed by atoms with E-state index in [1.54, 1.807) is 6.20 Å². The third-order valence-corrected chi connectivity index (χ3v) is 4.06. The van der Waals surface area contributed by atoms with Gasteiger partial charge in [0, 0.05) is 24.1 Å². The number of aryl methyl sites for hydroxylation is 1. The molecule has 3 heterocycles. The zero-order valence-corrected chi connectivity index (χ0v) is 12.6. The van der Waals surface area contributed by atoms with Gasteiger partial charge in [0.1, 0.15) is 0 Å². The smallest absolute Gasteiger partial charge is 0.170 e. The predicted molar refractivity (Wildman–Crippen MR) is 84.8 cm³/mol. The summed E-state index contributed by atoms with van der Waals surface area (Å²) in [4.78, 5) is 9.84. The molecule has 21 heavy (non-hydrogen) atoms. The third-order valence-electron chi connectivity index (χ3n) is 3.71. The molecule has 0 aromatic carbocycles. The summed E-state index contributed by atoms with van der Waals surface area (Å²) in [5.41, 5.74) is 3.12. The van der Waals surface area contributed by atoms with Gasteiger partial charge in [-0.15, -0.1) is 0 Å². The fourth-order valence-electron chi connectivity index (χ4n) is 2.79. The molecular formula is C15H18N4OS. The molecule has 2 unspecified atom stereocenters. The average Bonchev–Trinajstić information content (AvgIpc) is 3.05. The van der Waals surface area contributed by atoms with E-state index in [2.05, 4.69) is 21.4 Å². The van der Waals surface area contributed by atoms with Crippen molar-refractivity contribution < 1.29 is 5.11 Å². The SMILES string of the molecule is Cc1ccc(C2C(c3ccccn3)NC(=S)N2CCO)[nH]1. The van der Waals surface area contributed by atoms with E-state index in [0.717, 1.165) is 17.1 Å². The first-order valence-electron chi connectivity index (χ1n) is 6.95. The lowest BCUT2D eigenvalue weighted by Gasteiger charge is -2.26. The van der Waals surface area contributed by atoms with Crippen LogP contribution in [0.5, 0.6) is 0 Å². The van der Waals surface area contributed by atoms with Gasteiger partial charge in [0.25, 0.3) is 0 Å². The number of pyridine rings is 1. The van der Waals surface area contributed by atoms with Gasteiger partial charge in [-0.1, -0.05) is 6.07 Å². The number of thiocarbonyl (C=S) groups is 1. The minimum absolute atomic E-state index is 0.00764. The van der Waals surface area contributed by atoms with Gasteiger partial charge >= 0.3 is 0 Å². The Morgan fingerprint density at radius 3 is 2.81 bits per heavy atom. The van der Waals surface area contributed by atoms with Crippen LogP contribution in [0.4, 0.5) is 0 Å². The normalized spacial score (nSPS) is 21.6. The van der Waals surface area contributed by atoms with E-state index in [1.807, 2.05) is 36.1 Å². The number of nitrogens with one attached hydrogen (secondary N) is 2. The highest BCUT2D eigenvalue weighted by molar-refractivity contribution is 7.80. The summed E-state index contributed by atoms with van der Waals surface area (Å²) in [7, 11) is 0. The molecule has 0 bridgehead atoms. The molecule has 0 radical (unpaired) electrons. The fraction of sp³-hybridized carbons (Fsp3) is 0.333. The van der Waals surface area contributed by atoms with Gasteiger partial charge in [-0.05, 0) is 43.4 Å². The molecular weight excluding hydrogens is 284 g/mol. The van der Waals surface area contributed by atoms with Crippen molar-refractivity contribution in [3.63, 3.8) is 0 Å². The summed E-state index contributed by atoms with van der Waals surface area (Å²) >= 11 is 5.43. The lowest BCUT2D eigenvalue weighted by Crippen LogP contribution is -2.32. The van der Waals surface area contributed by atoms with Crippen molar-refractivity contribution in [3.05, 3.63) is 53.6 Å². The lowest BCUT2D eigenvalue weighted by molar-refractivity contribution is 0.221. The highest BCUT2D eigenvalue weighted by Crippen LogP contribution is 2.37. The van der Waals surface area contributed by atoms with Crippen molar-refractivity contribution >= 4 is 17.3 Å². The summed E-state index contributed by atoms with van der Waals surface area (Å²) in [6, 6.07) is 9.95. The summed E-state index contributed by atoms with van der Waals surface area (Å²) in [6.07, 6.45) is 1.78. The second-order valence-corrected chi connectivity index (χ2v) is 5.53. The molecule has 0 aliphatic carbocycles. The van der Waals surface area contributed by atoms with Crippen molar-refractivity contribution in [3.8, 4) is 0 Å². The largest absolute Gasteiger partial charge is 0.395 e. The molecule has 2 aromatic heterocycles. The van der Waals surface area contributed by atoms with Gasteiger partial charge in [0.05, 0.1) is 24.4 Å². The Balaban J connectivity index is 2.00. The molecule has 1 fully saturated rings. The molecule has 110 valence electrons. The fourth-order valence-corrected chi connectivity index (χ4v) is 3.12. The van der Waals surface area contributed by atoms with Crippen LogP contribution in [0, 0.1) is 6.92 Å². The van der Waals surface area contributed by atoms with E-state index in [-0.39, 0.29) is 18.7 Å². The van der Waals surface area contributed by atoms with Gasteiger partial charge in [-0.2, -0.15) is 0 Å². The van der Waals surface area contributed by atoms with E-state index < -0.39 is 0 Å². The van der Waals surface area contributed by atoms with Crippen molar-refractivity contribution in [1.82, 2.24) is 20.2 Å². The Morgan fingerprint density at radius 2 is 2.19 bits per heavy atom. The number of aromatic nitrogens is 2. The first-order chi connectivity index (χ1) is 10.2. The quantitative estimate of drug-likeness (QED) is 0.750. The van der Waals surface area contributed by atoms with Crippen LogP contribution in [0.2, 0.25) is 0 Å². The number of β-amino-alcohol motifs (C(OH)–C–C–N with tert-alkyl or cyclic N) is 1. The van der Waals surface area contributed by atoms with Crippen molar-refractivity contribution in [2.24, 2.45) is 0 Å². The van der Waals surface area contributed by atoms with E-state index in [1.165, 1.54) is 0 Å². The van der Waals surface area contributed by atoms with Crippen molar-refractivity contribution in [1.29, 1.82) is 0 Å². The summed E-state index contributed by atoms with van der Waals surface area (Å²) in [5, 5.41) is 13.3. The van der Waals surface area contributed by atoms with Crippen LogP contribution < -0.4 is 5.32 Å². The van der Waals surface area contributed by atoms with Crippen LogP contribution in [0.25, 0.3) is 0 Å². The molecule has 0 spiro atoms. The molecule has 1 aliphatic rings. The van der Waals surface area contributed by atoms with Crippen molar-refractivity contribution in [2.45, 2.75) is 19.0 Å². The maximum atomic E-state index is 9.32. The van der Waals surface area contributed by atoms with Gasteiger partial charge in [-0.3, -0.25) is 4.98 Å². The average molecular weight is 302 g/mol. The first kappa shape index (κ1) is 14.0. The second kappa shape index (κ2) is 5.83. The van der Waals surface area contributed by atoms with Crippen LogP contribution >= 0.6 is 12.2 Å². The van der Waals surface area contributed by atoms with E-state index in [9.17, 15) is 5.11 Å². The lowest BCUT2D eigenvalue weighted by atomic mass is 10.0. The first-order valence-corrected chi connectivity index (χ1v) is 7.36. The van der Waals surface area contributed by atoms with Crippen LogP contribution in [-0.2, 0) is 0 Å². The van der Waals surface area contributed by atoms with Crippen molar-refractivity contribution in [2.75, 3.05) is 13.2 Å². The molecule has 2 aromatic rings. The zero-order valence-electron chi connectivity index (χ0n) is 11.8. The molecule has 6 heteroatoms. The van der Waals surface area contributed by atoms with Crippen LogP contribution in [0.3, 0.4) is 0 Å². The number of nitrogens with zero attached hydrogens (tertiary/aromatic N) is 2. The standard InChI is InChI=1S/C15H18N4OS/c1-10-5-6-12(17-10)14-13(11-4-2-3-7-16-11)18-15(21)19(14)8-9-20/h2-7,13-14,17,20H,8-9H2,1H3,(H,18,21). The Hall–Kier alpha value is -1.92. The second-order valence-electron chi connectivity index (χ2n) is 5.14. The molecule has 0 amide bonds. The summed E-state index contributed by atoms with van der Waals surface area (Å²) in [6.45, 7) is 2.58. The number of hydrogen-bond donors (Lipinski definition) is 3. The maximum absolute atomic E-state index is 9.32. The Morgan fingerprint density at radius 1 is 1.33 bits per heavy atom. The maximum Gasteiger partial charge on any atom is 0.170 e. The molecule has 2 atom stereocenters. The van der Waals surface area contributed by atoms with Gasteiger partial charge < -0.3 is 20.3 Å². The van der Waals surface area contributed by atoms with Gasteiger partial charge in [0.15, 0.2) is 5.11 Å². The Kier molecular flexibility index (Phi) is 3.90. The third kappa shape index (κ3) is 2.64. The highest BCUT2D eigenvalue weighted by Gasteiger charge is 2.39. The minimum Gasteiger partial charge on any atom is -0.395 e. The molecule has 3 N–H and O–H groups in total. The Bertz CT molecular complexity index is 628. The van der Waals surface area contributed by atoms with Crippen LogP contribution in [0.15, 0.2) is 36.5 Å². The number of H-pyrrole nitrogens is 1. The number of rotatable bonds is 4. The summed E-state index contributed by atoms with van der Waals surface area (Å²) in [5.74, 6) is 0. The van der Waals surface area contributed by atoms with E-state index >= 15 is 0 Å². The number of aromatic amines is 1. The molecule has 3 rings (SSSR count). The summed E-state index contributed by atoms with van der Waals surface area (Å²) < 4.78 is 0. The van der Waals surface area contributed by atoms with E-state index in [0.29, 0.717) is 11.7 Å². The van der Waals surface area contributed by atoms with Crippen LogP contribution in [0.1, 0.15) is 29.2 Å². The topological polar surface area (TPSA) is 64.2 Å². The minimum atomic E-state index is -0.0247. The number of hydrogen-bond acceptors (Lipinski definition) is 3. The molecule has 1 aliphatic heterocycles. The highest BCUT2D eigenvalue weighted by atomic mass is 32.1. The Labute approximate surface area is 129 Å². The van der Waals surface area contributed by atoms with Gasteiger partial charge in [-0.25, -0.2) is 0 Å². The monoisotopic (exact) mass is 302 g/mol. The molecule has 5 nitrogen and oxygen atoms in total. The van der Waals surface area contributed by atoms with Gasteiger partial charge in [0.2, 0.25) is 0 Å².